The molecule has 0 N–H and O–H groups in total. The molecule has 0 amide bonds. The van der Waals surface area contributed by atoms with Crippen molar-refractivity contribution in [1.29, 1.82) is 0 Å². The number of aromatic nitrogens is 2. The van der Waals surface area contributed by atoms with E-state index in [2.05, 4.69) is 46.1 Å². The van der Waals surface area contributed by atoms with Crippen molar-refractivity contribution in [3.8, 4) is 17.1 Å². The number of piperidine rings is 1. The summed E-state index contributed by atoms with van der Waals surface area (Å²) in [5.41, 5.74) is 3.19. The normalized spacial score (nSPS) is 17.2. The maximum atomic E-state index is 5.29. The van der Waals surface area contributed by atoms with Crippen LogP contribution in [-0.2, 0) is 0 Å². The Balaban J connectivity index is 1.80. The number of likely N-dealkylation sites (tertiary alicyclic amines) is 1. The van der Waals surface area contributed by atoms with E-state index in [9.17, 15) is 0 Å². The molecule has 2 aromatic rings. The minimum Gasteiger partial charge on any atom is -0.479 e. The Morgan fingerprint density at radius 3 is 2.36 bits per heavy atom. The topological polar surface area (TPSA) is 38.3 Å². The zero-order valence-corrected chi connectivity index (χ0v) is 13.3. The van der Waals surface area contributed by atoms with Crippen LogP contribution in [0.2, 0.25) is 0 Å². The van der Waals surface area contributed by atoms with Crippen LogP contribution >= 0.6 is 0 Å². The van der Waals surface area contributed by atoms with Gasteiger partial charge in [-0.05, 0) is 38.4 Å². The standard InChI is InChI=1S/C18H23N3O/c1-14(21-12-4-3-5-13-21)15-6-8-16(9-7-15)17-18(22-2)20-11-10-19-17/h6-11,14H,3-5,12-13H2,1-2H3. The summed E-state index contributed by atoms with van der Waals surface area (Å²) in [5, 5.41) is 0. The second kappa shape index (κ2) is 6.88. The Morgan fingerprint density at radius 1 is 1.00 bits per heavy atom. The number of benzene rings is 1. The number of methoxy groups -OCH3 is 1. The minimum atomic E-state index is 0.470. The van der Waals surface area contributed by atoms with Gasteiger partial charge in [-0.25, -0.2) is 9.97 Å². The first-order valence-electron chi connectivity index (χ1n) is 7.99. The lowest BCUT2D eigenvalue weighted by molar-refractivity contribution is 0.175. The van der Waals surface area contributed by atoms with Crippen LogP contribution in [0.1, 0.15) is 37.8 Å². The molecule has 1 aliphatic rings. The Hall–Kier alpha value is -1.94. The molecule has 2 heterocycles. The van der Waals surface area contributed by atoms with Crippen LogP contribution in [0.5, 0.6) is 5.88 Å². The van der Waals surface area contributed by atoms with Gasteiger partial charge < -0.3 is 4.74 Å². The fourth-order valence-corrected chi connectivity index (χ4v) is 3.11. The van der Waals surface area contributed by atoms with Crippen molar-refractivity contribution in [2.24, 2.45) is 0 Å². The van der Waals surface area contributed by atoms with E-state index in [-0.39, 0.29) is 0 Å². The van der Waals surface area contributed by atoms with Crippen LogP contribution in [0.4, 0.5) is 0 Å². The van der Waals surface area contributed by atoms with Crippen LogP contribution in [0.3, 0.4) is 0 Å². The summed E-state index contributed by atoms with van der Waals surface area (Å²) in [4.78, 5) is 11.2. The molecule has 0 bridgehead atoms. The first kappa shape index (κ1) is 15.0. The Labute approximate surface area is 132 Å². The largest absolute Gasteiger partial charge is 0.479 e. The predicted molar refractivity (Wildman–Crippen MR) is 87.9 cm³/mol. The summed E-state index contributed by atoms with van der Waals surface area (Å²) in [6, 6.07) is 9.09. The molecule has 4 nitrogen and oxygen atoms in total. The Bertz CT molecular complexity index is 606. The highest BCUT2D eigenvalue weighted by atomic mass is 16.5. The lowest BCUT2D eigenvalue weighted by Crippen LogP contribution is -2.32. The molecule has 1 aliphatic heterocycles. The first-order chi connectivity index (χ1) is 10.8. The van der Waals surface area contributed by atoms with E-state index in [0.717, 1.165) is 11.3 Å². The van der Waals surface area contributed by atoms with Gasteiger partial charge in [0.15, 0.2) is 0 Å². The molecular weight excluding hydrogens is 274 g/mol. The minimum absolute atomic E-state index is 0.470. The van der Waals surface area contributed by atoms with E-state index in [1.165, 1.54) is 37.9 Å². The van der Waals surface area contributed by atoms with Gasteiger partial charge in [0, 0.05) is 24.0 Å². The average Bonchev–Trinajstić information content (AvgIpc) is 2.62. The number of hydrogen-bond donors (Lipinski definition) is 0. The summed E-state index contributed by atoms with van der Waals surface area (Å²) in [6.45, 7) is 4.71. The molecule has 0 radical (unpaired) electrons. The fraction of sp³-hybridized carbons (Fsp3) is 0.444. The van der Waals surface area contributed by atoms with E-state index < -0.39 is 0 Å². The highest BCUT2D eigenvalue weighted by Crippen LogP contribution is 2.28. The second-order valence-electron chi connectivity index (χ2n) is 5.81. The molecule has 0 aliphatic carbocycles. The maximum absolute atomic E-state index is 5.29. The molecular formula is C18H23N3O. The highest BCUT2D eigenvalue weighted by Gasteiger charge is 2.18. The molecule has 1 aromatic carbocycles. The van der Waals surface area contributed by atoms with Gasteiger partial charge in [0.2, 0.25) is 5.88 Å². The molecule has 1 unspecified atom stereocenters. The van der Waals surface area contributed by atoms with E-state index in [1.54, 1.807) is 19.5 Å². The first-order valence-corrected chi connectivity index (χ1v) is 7.99. The molecule has 1 atom stereocenters. The molecule has 22 heavy (non-hydrogen) atoms. The van der Waals surface area contributed by atoms with Gasteiger partial charge in [0.25, 0.3) is 0 Å². The average molecular weight is 297 g/mol. The number of hydrogen-bond acceptors (Lipinski definition) is 4. The number of rotatable bonds is 4. The van der Waals surface area contributed by atoms with E-state index in [0.29, 0.717) is 11.9 Å². The van der Waals surface area contributed by atoms with Gasteiger partial charge in [0.1, 0.15) is 5.69 Å². The Morgan fingerprint density at radius 2 is 1.68 bits per heavy atom. The van der Waals surface area contributed by atoms with E-state index >= 15 is 0 Å². The smallest absolute Gasteiger partial charge is 0.240 e. The number of ether oxygens (including phenoxy) is 1. The second-order valence-corrected chi connectivity index (χ2v) is 5.81. The van der Waals surface area contributed by atoms with Gasteiger partial charge in [-0.15, -0.1) is 0 Å². The van der Waals surface area contributed by atoms with Crippen LogP contribution in [0.15, 0.2) is 36.7 Å². The lowest BCUT2D eigenvalue weighted by atomic mass is 10.0. The molecule has 4 heteroatoms. The molecule has 1 saturated heterocycles. The molecule has 0 saturated carbocycles. The molecule has 116 valence electrons. The zero-order chi connectivity index (χ0) is 15.4. The van der Waals surface area contributed by atoms with Crippen LogP contribution in [0, 0.1) is 0 Å². The van der Waals surface area contributed by atoms with Crippen molar-refractivity contribution in [3.05, 3.63) is 42.2 Å². The van der Waals surface area contributed by atoms with Gasteiger partial charge in [-0.3, -0.25) is 4.90 Å². The van der Waals surface area contributed by atoms with Crippen molar-refractivity contribution in [1.82, 2.24) is 14.9 Å². The van der Waals surface area contributed by atoms with Crippen molar-refractivity contribution in [2.75, 3.05) is 20.2 Å². The van der Waals surface area contributed by atoms with Gasteiger partial charge >= 0.3 is 0 Å². The van der Waals surface area contributed by atoms with E-state index in [4.69, 9.17) is 4.74 Å². The maximum Gasteiger partial charge on any atom is 0.240 e. The van der Waals surface area contributed by atoms with Crippen LogP contribution in [-0.4, -0.2) is 35.1 Å². The summed E-state index contributed by atoms with van der Waals surface area (Å²) in [7, 11) is 1.63. The summed E-state index contributed by atoms with van der Waals surface area (Å²) in [6.07, 6.45) is 7.35. The van der Waals surface area contributed by atoms with Gasteiger partial charge in [0.05, 0.1) is 7.11 Å². The van der Waals surface area contributed by atoms with Crippen molar-refractivity contribution in [2.45, 2.75) is 32.2 Å². The van der Waals surface area contributed by atoms with Crippen LogP contribution in [0.25, 0.3) is 11.3 Å². The van der Waals surface area contributed by atoms with Crippen molar-refractivity contribution in [3.63, 3.8) is 0 Å². The van der Waals surface area contributed by atoms with Gasteiger partial charge in [-0.1, -0.05) is 30.7 Å². The van der Waals surface area contributed by atoms with Gasteiger partial charge in [-0.2, -0.15) is 0 Å². The molecule has 1 fully saturated rings. The molecule has 3 rings (SSSR count). The summed E-state index contributed by atoms with van der Waals surface area (Å²) in [5.74, 6) is 0.569. The Kier molecular flexibility index (Phi) is 4.68. The monoisotopic (exact) mass is 297 g/mol. The third kappa shape index (κ3) is 3.12. The summed E-state index contributed by atoms with van der Waals surface area (Å²) >= 11 is 0. The highest BCUT2D eigenvalue weighted by molar-refractivity contribution is 5.64. The van der Waals surface area contributed by atoms with Crippen LogP contribution < -0.4 is 4.74 Å². The SMILES string of the molecule is COc1nccnc1-c1ccc(C(C)N2CCCCC2)cc1. The predicted octanol–water partition coefficient (Wildman–Crippen LogP) is 3.70. The van der Waals surface area contributed by atoms with Crippen molar-refractivity contribution < 1.29 is 4.74 Å². The number of nitrogens with zero attached hydrogens (tertiary/aromatic N) is 3. The zero-order valence-electron chi connectivity index (χ0n) is 13.3. The third-order valence-corrected chi connectivity index (χ3v) is 4.46. The quantitative estimate of drug-likeness (QED) is 0.862. The van der Waals surface area contributed by atoms with E-state index in [1.807, 2.05) is 0 Å². The fourth-order valence-electron chi connectivity index (χ4n) is 3.11. The third-order valence-electron chi connectivity index (χ3n) is 4.46. The lowest BCUT2D eigenvalue weighted by Gasteiger charge is -2.32. The van der Waals surface area contributed by atoms with Crippen molar-refractivity contribution >= 4 is 0 Å². The molecule has 0 spiro atoms. The summed E-state index contributed by atoms with van der Waals surface area (Å²) < 4.78 is 5.29. The molecule has 1 aromatic heterocycles.